The van der Waals surface area contributed by atoms with Gasteiger partial charge in [-0.2, -0.15) is 0 Å². The van der Waals surface area contributed by atoms with Gasteiger partial charge >= 0.3 is 0 Å². The van der Waals surface area contributed by atoms with Crippen molar-refractivity contribution in [1.29, 1.82) is 0 Å². The average Bonchev–Trinajstić information content (AvgIpc) is 2.46. The van der Waals surface area contributed by atoms with Crippen molar-refractivity contribution < 1.29 is 18.4 Å². The highest BCUT2D eigenvalue weighted by molar-refractivity contribution is 6.30. The second-order valence-electron chi connectivity index (χ2n) is 4.86. The lowest BCUT2D eigenvalue weighted by Crippen LogP contribution is -2.21. The third kappa shape index (κ3) is 4.75. The predicted molar refractivity (Wildman–Crippen MR) is 84.4 cm³/mol. The van der Waals surface area contributed by atoms with Crippen molar-refractivity contribution in [2.45, 2.75) is 13.3 Å². The maximum atomic E-state index is 13.0. The van der Waals surface area contributed by atoms with Crippen LogP contribution in [0.15, 0.2) is 36.4 Å². The molecule has 0 bridgehead atoms. The molecule has 23 heavy (non-hydrogen) atoms. The minimum Gasteiger partial charge on any atom is -0.326 e. The summed E-state index contributed by atoms with van der Waals surface area (Å²) in [5.41, 5.74) is 1.37. The van der Waals surface area contributed by atoms with Gasteiger partial charge in [-0.3, -0.25) is 9.59 Å². The molecule has 0 heterocycles. The van der Waals surface area contributed by atoms with Gasteiger partial charge in [-0.05, 0) is 42.8 Å². The first kappa shape index (κ1) is 16.9. The molecule has 0 atom stereocenters. The molecule has 0 aliphatic carbocycles. The van der Waals surface area contributed by atoms with E-state index in [1.165, 1.54) is 6.07 Å². The van der Waals surface area contributed by atoms with Gasteiger partial charge in [0.1, 0.15) is 6.42 Å². The molecule has 0 saturated heterocycles. The summed E-state index contributed by atoms with van der Waals surface area (Å²) in [5.74, 6) is -3.27. The van der Waals surface area contributed by atoms with Crippen LogP contribution >= 0.6 is 11.6 Å². The van der Waals surface area contributed by atoms with E-state index in [1.807, 2.05) is 0 Å². The molecule has 0 aliphatic rings. The molecule has 2 amide bonds. The molecular weight excluding hydrogens is 326 g/mol. The summed E-state index contributed by atoms with van der Waals surface area (Å²) in [5, 5.41) is 5.44. The molecule has 0 spiro atoms. The Morgan fingerprint density at radius 3 is 2.35 bits per heavy atom. The third-order valence-electron chi connectivity index (χ3n) is 2.99. The van der Waals surface area contributed by atoms with E-state index < -0.39 is 29.9 Å². The molecular formula is C16H13ClF2N2O2. The van der Waals surface area contributed by atoms with Crippen molar-refractivity contribution in [2.24, 2.45) is 0 Å². The fourth-order valence-corrected chi connectivity index (χ4v) is 2.11. The molecule has 0 unspecified atom stereocenters. The van der Waals surface area contributed by atoms with Crippen molar-refractivity contribution in [3.63, 3.8) is 0 Å². The van der Waals surface area contributed by atoms with Crippen molar-refractivity contribution in [2.75, 3.05) is 10.6 Å². The Hall–Kier alpha value is -2.47. The van der Waals surface area contributed by atoms with E-state index in [-0.39, 0.29) is 5.69 Å². The van der Waals surface area contributed by atoms with Gasteiger partial charge in [0.15, 0.2) is 11.6 Å². The highest BCUT2D eigenvalue weighted by Gasteiger charge is 2.12. The van der Waals surface area contributed by atoms with Gasteiger partial charge in [-0.1, -0.05) is 11.6 Å². The molecule has 0 saturated carbocycles. The molecule has 7 heteroatoms. The van der Waals surface area contributed by atoms with Crippen LogP contribution in [0.5, 0.6) is 0 Å². The van der Waals surface area contributed by atoms with E-state index in [0.29, 0.717) is 10.7 Å². The first-order valence-corrected chi connectivity index (χ1v) is 7.04. The summed E-state index contributed by atoms with van der Waals surface area (Å²) in [4.78, 5) is 23.6. The van der Waals surface area contributed by atoms with E-state index in [0.717, 1.165) is 17.7 Å². The maximum Gasteiger partial charge on any atom is 0.233 e. The van der Waals surface area contributed by atoms with Crippen molar-refractivity contribution >= 4 is 34.8 Å². The summed E-state index contributed by atoms with van der Waals surface area (Å²) in [7, 11) is 0. The lowest BCUT2D eigenvalue weighted by Gasteiger charge is -2.09. The Morgan fingerprint density at radius 1 is 1.00 bits per heavy atom. The van der Waals surface area contributed by atoms with Gasteiger partial charge < -0.3 is 10.6 Å². The Labute approximate surface area is 136 Å². The average molecular weight is 339 g/mol. The lowest BCUT2D eigenvalue weighted by atomic mass is 10.2. The van der Waals surface area contributed by atoms with Gasteiger partial charge in [0, 0.05) is 22.5 Å². The van der Waals surface area contributed by atoms with Crippen molar-refractivity contribution in [1.82, 2.24) is 0 Å². The van der Waals surface area contributed by atoms with Crippen LogP contribution < -0.4 is 10.6 Å². The number of anilines is 2. The molecule has 0 aromatic heterocycles. The zero-order valence-electron chi connectivity index (χ0n) is 12.1. The third-order valence-corrected chi connectivity index (χ3v) is 3.22. The van der Waals surface area contributed by atoms with Gasteiger partial charge in [-0.15, -0.1) is 0 Å². The first-order valence-electron chi connectivity index (χ1n) is 6.66. The van der Waals surface area contributed by atoms with Crippen LogP contribution in [-0.2, 0) is 9.59 Å². The van der Waals surface area contributed by atoms with Crippen LogP contribution in [-0.4, -0.2) is 11.8 Å². The molecule has 2 rings (SSSR count). The summed E-state index contributed by atoms with van der Waals surface area (Å²) in [6, 6.07) is 7.86. The fraction of sp³-hybridized carbons (Fsp3) is 0.125. The molecule has 0 radical (unpaired) electrons. The van der Waals surface area contributed by atoms with E-state index >= 15 is 0 Å². The second-order valence-corrected chi connectivity index (χ2v) is 5.30. The number of nitrogens with one attached hydrogen (secondary N) is 2. The van der Waals surface area contributed by atoms with Crippen LogP contribution in [0.4, 0.5) is 20.2 Å². The molecule has 0 aliphatic heterocycles. The van der Waals surface area contributed by atoms with Crippen molar-refractivity contribution in [3.05, 3.63) is 58.6 Å². The Balaban J connectivity index is 1.94. The van der Waals surface area contributed by atoms with Gasteiger partial charge in [-0.25, -0.2) is 8.78 Å². The quantitative estimate of drug-likeness (QED) is 0.831. The van der Waals surface area contributed by atoms with Gasteiger partial charge in [0.05, 0.1) is 0 Å². The molecule has 2 aromatic rings. The number of halogens is 3. The van der Waals surface area contributed by atoms with E-state index in [1.54, 1.807) is 25.1 Å². The number of benzene rings is 2. The Bertz CT molecular complexity index is 766. The normalized spacial score (nSPS) is 10.3. The van der Waals surface area contributed by atoms with E-state index in [9.17, 15) is 18.4 Å². The topological polar surface area (TPSA) is 58.2 Å². The highest BCUT2D eigenvalue weighted by Crippen LogP contribution is 2.20. The smallest absolute Gasteiger partial charge is 0.233 e. The monoisotopic (exact) mass is 338 g/mol. The molecule has 0 fully saturated rings. The van der Waals surface area contributed by atoms with Crippen LogP contribution in [0.3, 0.4) is 0 Å². The minimum atomic E-state index is -1.08. The van der Waals surface area contributed by atoms with Crippen LogP contribution in [0, 0.1) is 18.6 Å². The molecule has 4 nitrogen and oxygen atoms in total. The van der Waals surface area contributed by atoms with E-state index in [4.69, 9.17) is 11.6 Å². The van der Waals surface area contributed by atoms with Crippen LogP contribution in [0.1, 0.15) is 12.0 Å². The second kappa shape index (κ2) is 7.19. The summed E-state index contributed by atoms with van der Waals surface area (Å²) in [6.45, 7) is 1.77. The maximum absolute atomic E-state index is 13.0. The lowest BCUT2D eigenvalue weighted by molar-refractivity contribution is -0.123. The van der Waals surface area contributed by atoms with Gasteiger partial charge in [0.2, 0.25) is 11.8 Å². The number of aryl methyl sites for hydroxylation is 1. The highest BCUT2D eigenvalue weighted by atomic mass is 35.5. The number of rotatable bonds is 4. The molecule has 2 aromatic carbocycles. The van der Waals surface area contributed by atoms with Gasteiger partial charge in [0.25, 0.3) is 0 Å². The Kier molecular flexibility index (Phi) is 5.28. The SMILES string of the molecule is Cc1cc(Cl)ccc1NC(=O)CC(=O)Nc1ccc(F)c(F)c1. The van der Waals surface area contributed by atoms with Crippen molar-refractivity contribution in [3.8, 4) is 0 Å². The molecule has 120 valence electrons. The first-order chi connectivity index (χ1) is 10.8. The predicted octanol–water partition coefficient (Wildman–Crippen LogP) is 3.89. The molecule has 2 N–H and O–H groups in total. The number of hydrogen-bond donors (Lipinski definition) is 2. The van der Waals surface area contributed by atoms with Crippen LogP contribution in [0.2, 0.25) is 5.02 Å². The summed E-state index contributed by atoms with van der Waals surface area (Å²) >= 11 is 5.82. The number of hydrogen-bond acceptors (Lipinski definition) is 2. The zero-order valence-corrected chi connectivity index (χ0v) is 12.9. The summed E-state index contributed by atoms with van der Waals surface area (Å²) < 4.78 is 25.8. The Morgan fingerprint density at radius 2 is 1.70 bits per heavy atom. The standard InChI is InChI=1S/C16H13ClF2N2O2/c1-9-6-10(17)2-5-14(9)21-16(23)8-15(22)20-11-3-4-12(18)13(19)7-11/h2-7H,8H2,1H3,(H,20,22)(H,21,23). The minimum absolute atomic E-state index is 0.0735. The van der Waals surface area contributed by atoms with Crippen LogP contribution in [0.25, 0.3) is 0 Å². The largest absolute Gasteiger partial charge is 0.326 e. The summed E-state index contributed by atoms with van der Waals surface area (Å²) in [6.07, 6.45) is -0.457. The number of carbonyl (C=O) groups excluding carboxylic acids is 2. The number of amides is 2. The van der Waals surface area contributed by atoms with E-state index in [2.05, 4.69) is 10.6 Å². The fourth-order valence-electron chi connectivity index (χ4n) is 1.89. The zero-order chi connectivity index (χ0) is 17.0. The number of carbonyl (C=O) groups is 2.